The lowest BCUT2D eigenvalue weighted by molar-refractivity contribution is -0.140. The second kappa shape index (κ2) is 11.8. The first-order chi connectivity index (χ1) is 19.3. The minimum absolute atomic E-state index is 0.0193. The van der Waals surface area contributed by atoms with Gasteiger partial charge in [0.05, 0.1) is 18.0 Å². The van der Waals surface area contributed by atoms with Crippen LogP contribution in [0.5, 0.6) is 5.75 Å². The van der Waals surface area contributed by atoms with Gasteiger partial charge in [0.2, 0.25) is 0 Å². The highest BCUT2D eigenvalue weighted by atomic mass is 19.2. The lowest BCUT2D eigenvalue weighted by atomic mass is 9.77. The van der Waals surface area contributed by atoms with Gasteiger partial charge in [0.1, 0.15) is 24.8 Å². The Hall–Kier alpha value is -4.37. The molecule has 2 heterocycles. The van der Waals surface area contributed by atoms with Crippen LogP contribution in [-0.4, -0.2) is 43.0 Å². The summed E-state index contributed by atoms with van der Waals surface area (Å²) in [5, 5.41) is 3.09. The Morgan fingerprint density at radius 2 is 1.60 bits per heavy atom. The molecule has 9 heteroatoms. The summed E-state index contributed by atoms with van der Waals surface area (Å²) in [7, 11) is 0. The minimum atomic E-state index is -1.49. The van der Waals surface area contributed by atoms with Crippen molar-refractivity contribution in [2.45, 2.75) is 19.4 Å². The molecule has 40 heavy (non-hydrogen) atoms. The molecule has 0 aromatic heterocycles. The normalized spacial score (nSPS) is 17.4. The van der Waals surface area contributed by atoms with Gasteiger partial charge in [-0.05, 0) is 36.8 Å². The number of ether oxygens (including phenoxy) is 2. The lowest BCUT2D eigenvalue weighted by Gasteiger charge is -2.38. The minimum Gasteiger partial charge on any atom is -0.490 e. The van der Waals surface area contributed by atoms with E-state index in [-0.39, 0.29) is 43.1 Å². The average Bonchev–Trinajstić information content (AvgIpc) is 2.94. The molecule has 1 atom stereocenters. The van der Waals surface area contributed by atoms with Crippen LogP contribution in [0.4, 0.5) is 13.2 Å². The highest BCUT2D eigenvalue weighted by Gasteiger charge is 2.43. The Morgan fingerprint density at radius 1 is 0.925 bits per heavy atom. The molecule has 0 aliphatic carbocycles. The summed E-state index contributed by atoms with van der Waals surface area (Å²) in [6.45, 7) is 2.12. The van der Waals surface area contributed by atoms with Gasteiger partial charge in [-0.1, -0.05) is 48.5 Å². The van der Waals surface area contributed by atoms with Crippen molar-refractivity contribution >= 4 is 11.8 Å². The fraction of sp³-hybridized carbons (Fsp3) is 0.226. The van der Waals surface area contributed by atoms with E-state index in [0.29, 0.717) is 24.1 Å². The standard InChI is InChI=1S/C31H27F3N2O4/c1-19-26(31(38)40-15-14-39-21-10-6-3-7-11-21)29(27-22(32)12-13-23(33)30(27)34)28-24(35-19)17-36(18-25(28)37)16-20-8-4-2-5-9-20/h2-13,29,35H,14-18H2,1H3. The van der Waals surface area contributed by atoms with Crippen LogP contribution in [0.15, 0.2) is 95.3 Å². The number of carbonyl (C=O) groups excluding carboxylic acids is 2. The number of allylic oxidation sites excluding steroid dienone is 1. The number of carbonyl (C=O) groups is 2. The van der Waals surface area contributed by atoms with E-state index < -0.39 is 40.7 Å². The summed E-state index contributed by atoms with van der Waals surface area (Å²) in [4.78, 5) is 28.8. The van der Waals surface area contributed by atoms with E-state index in [4.69, 9.17) is 9.47 Å². The second-order valence-corrected chi connectivity index (χ2v) is 9.60. The van der Waals surface area contributed by atoms with Crippen LogP contribution in [0.1, 0.15) is 24.0 Å². The summed E-state index contributed by atoms with van der Waals surface area (Å²) in [5.41, 5.74) is 0.809. The Balaban J connectivity index is 1.45. The zero-order valence-corrected chi connectivity index (χ0v) is 21.8. The molecule has 2 aliphatic heterocycles. The van der Waals surface area contributed by atoms with Crippen LogP contribution < -0.4 is 10.1 Å². The number of esters is 1. The number of ketones is 1. The number of rotatable bonds is 8. The highest BCUT2D eigenvalue weighted by molar-refractivity contribution is 6.04. The zero-order valence-electron chi connectivity index (χ0n) is 21.8. The van der Waals surface area contributed by atoms with Crippen molar-refractivity contribution in [3.63, 3.8) is 0 Å². The molecular formula is C31H27F3N2O4. The Kier molecular flexibility index (Phi) is 8.02. The Labute approximate surface area is 229 Å². The van der Waals surface area contributed by atoms with Crippen LogP contribution >= 0.6 is 0 Å². The summed E-state index contributed by atoms with van der Waals surface area (Å²) in [5.74, 6) is -6.03. The molecule has 0 saturated carbocycles. The average molecular weight is 549 g/mol. The van der Waals surface area contributed by atoms with Gasteiger partial charge in [0.25, 0.3) is 0 Å². The van der Waals surface area contributed by atoms with Crippen molar-refractivity contribution in [3.8, 4) is 5.75 Å². The third kappa shape index (κ3) is 5.65. The number of nitrogens with one attached hydrogen (secondary N) is 1. The molecule has 206 valence electrons. The Morgan fingerprint density at radius 3 is 2.33 bits per heavy atom. The van der Waals surface area contributed by atoms with Gasteiger partial charge in [-0.3, -0.25) is 9.69 Å². The van der Waals surface area contributed by atoms with E-state index in [1.54, 1.807) is 31.2 Å². The molecule has 0 saturated heterocycles. The summed E-state index contributed by atoms with van der Waals surface area (Å²) in [6, 6.07) is 19.9. The van der Waals surface area contributed by atoms with E-state index in [9.17, 15) is 14.0 Å². The Bertz CT molecular complexity index is 1490. The molecular weight excluding hydrogens is 521 g/mol. The number of nitrogens with zero attached hydrogens (tertiary/aromatic N) is 1. The van der Waals surface area contributed by atoms with Gasteiger partial charge in [0, 0.05) is 35.6 Å². The first kappa shape index (κ1) is 27.2. The molecule has 5 rings (SSSR count). The molecule has 0 fully saturated rings. The SMILES string of the molecule is CC1=C(C(=O)OCCOc2ccccc2)C(c2c(F)ccc(F)c2F)C2=C(CN(Cc3ccccc3)CC2=O)N1. The maximum absolute atomic E-state index is 15.2. The zero-order chi connectivity index (χ0) is 28.2. The number of hydrogen-bond donors (Lipinski definition) is 1. The predicted molar refractivity (Wildman–Crippen MR) is 142 cm³/mol. The smallest absolute Gasteiger partial charge is 0.336 e. The highest BCUT2D eigenvalue weighted by Crippen LogP contribution is 2.43. The molecule has 0 radical (unpaired) electrons. The van der Waals surface area contributed by atoms with Gasteiger partial charge in [-0.2, -0.15) is 0 Å². The van der Waals surface area contributed by atoms with E-state index in [0.717, 1.165) is 11.6 Å². The van der Waals surface area contributed by atoms with E-state index >= 15 is 8.78 Å². The largest absolute Gasteiger partial charge is 0.490 e. The summed E-state index contributed by atoms with van der Waals surface area (Å²) < 4.78 is 55.7. The molecule has 1 N–H and O–H groups in total. The third-order valence-corrected chi connectivity index (χ3v) is 6.86. The van der Waals surface area contributed by atoms with Crippen molar-refractivity contribution < 1.29 is 32.2 Å². The van der Waals surface area contributed by atoms with Gasteiger partial charge < -0.3 is 14.8 Å². The molecule has 6 nitrogen and oxygen atoms in total. The van der Waals surface area contributed by atoms with Crippen molar-refractivity contribution in [1.29, 1.82) is 0 Å². The van der Waals surface area contributed by atoms with Gasteiger partial charge in [-0.15, -0.1) is 0 Å². The van der Waals surface area contributed by atoms with Crippen LogP contribution in [-0.2, 0) is 20.9 Å². The fourth-order valence-corrected chi connectivity index (χ4v) is 5.13. The molecule has 0 amide bonds. The topological polar surface area (TPSA) is 67.9 Å². The van der Waals surface area contributed by atoms with E-state index in [1.165, 1.54) is 0 Å². The third-order valence-electron chi connectivity index (χ3n) is 6.86. The molecule has 0 bridgehead atoms. The molecule has 2 aliphatic rings. The van der Waals surface area contributed by atoms with Crippen LogP contribution in [0.3, 0.4) is 0 Å². The van der Waals surface area contributed by atoms with Gasteiger partial charge in [-0.25, -0.2) is 18.0 Å². The number of hydrogen-bond acceptors (Lipinski definition) is 6. The van der Waals surface area contributed by atoms with Crippen molar-refractivity contribution in [1.82, 2.24) is 10.2 Å². The number of Topliss-reactive ketones (excluding diaryl/α,β-unsaturated/α-hetero) is 1. The van der Waals surface area contributed by atoms with Gasteiger partial charge in [0.15, 0.2) is 17.4 Å². The quantitative estimate of drug-likeness (QED) is 0.242. The van der Waals surface area contributed by atoms with Crippen molar-refractivity contribution in [2.24, 2.45) is 0 Å². The predicted octanol–water partition coefficient (Wildman–Crippen LogP) is 5.03. The van der Waals surface area contributed by atoms with Crippen molar-refractivity contribution in [2.75, 3.05) is 26.3 Å². The molecule has 0 spiro atoms. The van der Waals surface area contributed by atoms with Crippen LogP contribution in [0, 0.1) is 17.5 Å². The summed E-state index contributed by atoms with van der Waals surface area (Å²) >= 11 is 0. The first-order valence-electron chi connectivity index (χ1n) is 12.8. The molecule has 3 aromatic rings. The van der Waals surface area contributed by atoms with Gasteiger partial charge >= 0.3 is 5.97 Å². The first-order valence-corrected chi connectivity index (χ1v) is 12.8. The maximum atomic E-state index is 15.2. The lowest BCUT2D eigenvalue weighted by Crippen LogP contribution is -2.45. The van der Waals surface area contributed by atoms with E-state index in [2.05, 4.69) is 5.32 Å². The number of dihydropyridines is 1. The van der Waals surface area contributed by atoms with Crippen molar-refractivity contribution in [3.05, 3.63) is 124 Å². The fourth-order valence-electron chi connectivity index (χ4n) is 5.13. The number of halogens is 3. The summed E-state index contributed by atoms with van der Waals surface area (Å²) in [6.07, 6.45) is 0. The number of benzene rings is 3. The van der Waals surface area contributed by atoms with Crippen LogP contribution in [0.25, 0.3) is 0 Å². The molecule has 3 aromatic carbocycles. The van der Waals surface area contributed by atoms with Crippen LogP contribution in [0.2, 0.25) is 0 Å². The van der Waals surface area contributed by atoms with E-state index in [1.807, 2.05) is 41.3 Å². The molecule has 1 unspecified atom stereocenters. The number of para-hydroxylation sites is 1. The second-order valence-electron chi connectivity index (χ2n) is 9.60. The maximum Gasteiger partial charge on any atom is 0.336 e. The monoisotopic (exact) mass is 548 g/mol.